The summed E-state index contributed by atoms with van der Waals surface area (Å²) >= 11 is 0. The van der Waals surface area contributed by atoms with E-state index in [2.05, 4.69) is 9.97 Å². The van der Waals surface area contributed by atoms with E-state index in [4.69, 9.17) is 0 Å². The Morgan fingerprint density at radius 1 is 1.16 bits per heavy atom. The number of aryl methyl sites for hydroxylation is 1. The molecule has 0 fully saturated rings. The van der Waals surface area contributed by atoms with Gasteiger partial charge < -0.3 is 0 Å². The van der Waals surface area contributed by atoms with E-state index in [0.717, 1.165) is 16.6 Å². The molecule has 1 aromatic carbocycles. The van der Waals surface area contributed by atoms with Crippen LogP contribution in [-0.2, 0) is 6.42 Å². The van der Waals surface area contributed by atoms with Gasteiger partial charge in [0.05, 0.1) is 11.0 Å². The number of hydrogen-bond acceptors (Lipinski definition) is 3. The predicted octanol–water partition coefficient (Wildman–Crippen LogP) is 2.70. The van der Waals surface area contributed by atoms with Crippen LogP contribution in [0.4, 0.5) is 0 Å². The maximum atomic E-state index is 12.2. The van der Waals surface area contributed by atoms with Gasteiger partial charge in [-0.25, -0.2) is 4.98 Å². The highest BCUT2D eigenvalue weighted by atomic mass is 16.2. The monoisotopic (exact) mass is 251 g/mol. The molecule has 0 radical (unpaired) electrons. The first kappa shape index (κ1) is 11.6. The summed E-state index contributed by atoms with van der Waals surface area (Å²) in [5.74, 6) is 0.0533. The molecule has 0 aliphatic carbocycles. The van der Waals surface area contributed by atoms with E-state index in [1.807, 2.05) is 36.4 Å². The number of pyridine rings is 1. The number of rotatable bonds is 3. The molecule has 0 unspecified atom stereocenters. The third kappa shape index (κ3) is 2.38. The van der Waals surface area contributed by atoms with Crippen molar-refractivity contribution in [3.63, 3.8) is 0 Å². The van der Waals surface area contributed by atoms with Crippen LogP contribution in [0.1, 0.15) is 16.8 Å². The van der Waals surface area contributed by atoms with E-state index >= 15 is 0 Å². The summed E-state index contributed by atoms with van der Waals surface area (Å²) in [7, 11) is 0. The maximum absolute atomic E-state index is 12.2. The Labute approximate surface area is 110 Å². The minimum Gasteiger partial charge on any atom is -0.274 e. The zero-order chi connectivity index (χ0) is 13.1. The average Bonchev–Trinajstić information content (AvgIpc) is 2.90. The molecule has 0 spiro atoms. The van der Waals surface area contributed by atoms with Gasteiger partial charge in [0.25, 0.3) is 0 Å². The van der Waals surface area contributed by atoms with Crippen LogP contribution in [0, 0.1) is 0 Å². The van der Waals surface area contributed by atoms with Crippen LogP contribution in [0.3, 0.4) is 0 Å². The van der Waals surface area contributed by atoms with Crippen molar-refractivity contribution < 1.29 is 4.79 Å². The number of aromatic nitrogens is 3. The topological polar surface area (TPSA) is 47.8 Å². The number of carbonyl (C=O) groups is 1. The summed E-state index contributed by atoms with van der Waals surface area (Å²) in [5, 5.41) is 0. The van der Waals surface area contributed by atoms with Crippen molar-refractivity contribution in [1.29, 1.82) is 0 Å². The molecular formula is C15H13N3O. The van der Waals surface area contributed by atoms with Gasteiger partial charge in [-0.3, -0.25) is 14.3 Å². The molecule has 2 heterocycles. The molecular weight excluding hydrogens is 238 g/mol. The molecule has 0 N–H and O–H groups in total. The molecule has 0 aliphatic rings. The highest BCUT2D eigenvalue weighted by Crippen LogP contribution is 2.13. The van der Waals surface area contributed by atoms with Gasteiger partial charge in [-0.15, -0.1) is 0 Å². The van der Waals surface area contributed by atoms with Crippen LogP contribution in [-0.4, -0.2) is 20.4 Å². The number of fused-ring (bicyclic) bond motifs is 1. The first-order chi connectivity index (χ1) is 9.34. The quantitative estimate of drug-likeness (QED) is 0.719. The standard InChI is InChI=1S/C15H13N3O/c19-15(8-7-12-4-3-9-16-10-12)18-11-17-13-5-1-2-6-14(13)18/h1-6,9-11H,7-8H2. The van der Waals surface area contributed by atoms with Gasteiger partial charge in [-0.1, -0.05) is 18.2 Å². The summed E-state index contributed by atoms with van der Waals surface area (Å²) in [4.78, 5) is 20.5. The first-order valence-corrected chi connectivity index (χ1v) is 6.19. The lowest BCUT2D eigenvalue weighted by atomic mass is 10.1. The summed E-state index contributed by atoms with van der Waals surface area (Å²) < 4.78 is 1.62. The fraction of sp³-hybridized carbons (Fsp3) is 0.133. The fourth-order valence-electron chi connectivity index (χ4n) is 2.08. The maximum Gasteiger partial charge on any atom is 0.232 e. The van der Waals surface area contributed by atoms with Crippen molar-refractivity contribution in [3.8, 4) is 0 Å². The molecule has 4 nitrogen and oxygen atoms in total. The normalized spacial score (nSPS) is 10.7. The van der Waals surface area contributed by atoms with Gasteiger partial charge in [0, 0.05) is 18.8 Å². The number of para-hydroxylation sites is 2. The Bertz CT molecular complexity index is 703. The zero-order valence-corrected chi connectivity index (χ0v) is 10.4. The van der Waals surface area contributed by atoms with Gasteiger partial charge >= 0.3 is 0 Å². The minimum absolute atomic E-state index is 0.0533. The predicted molar refractivity (Wildman–Crippen MR) is 72.9 cm³/mol. The second-order valence-corrected chi connectivity index (χ2v) is 4.36. The highest BCUT2D eigenvalue weighted by Gasteiger charge is 2.09. The lowest BCUT2D eigenvalue weighted by Gasteiger charge is -2.03. The number of nitrogens with zero attached hydrogens (tertiary/aromatic N) is 3. The Kier molecular flexibility index (Phi) is 3.06. The molecule has 19 heavy (non-hydrogen) atoms. The van der Waals surface area contributed by atoms with Crippen LogP contribution in [0.25, 0.3) is 11.0 Å². The van der Waals surface area contributed by atoms with Crippen LogP contribution in [0.5, 0.6) is 0 Å². The van der Waals surface area contributed by atoms with Crippen molar-refractivity contribution >= 4 is 16.9 Å². The Morgan fingerprint density at radius 3 is 2.89 bits per heavy atom. The Morgan fingerprint density at radius 2 is 2.05 bits per heavy atom. The molecule has 0 saturated carbocycles. The lowest BCUT2D eigenvalue weighted by molar-refractivity contribution is 0.0907. The number of benzene rings is 1. The van der Waals surface area contributed by atoms with Crippen molar-refractivity contribution in [2.75, 3.05) is 0 Å². The van der Waals surface area contributed by atoms with Gasteiger partial charge in [-0.2, -0.15) is 0 Å². The summed E-state index contributed by atoms with van der Waals surface area (Å²) in [6, 6.07) is 11.5. The Balaban J connectivity index is 1.77. The van der Waals surface area contributed by atoms with Gasteiger partial charge in [-0.05, 0) is 30.2 Å². The molecule has 3 rings (SSSR count). The lowest BCUT2D eigenvalue weighted by Crippen LogP contribution is -2.10. The van der Waals surface area contributed by atoms with E-state index < -0.39 is 0 Å². The van der Waals surface area contributed by atoms with Gasteiger partial charge in [0.15, 0.2) is 0 Å². The molecule has 3 aromatic rings. The molecule has 4 heteroatoms. The van der Waals surface area contributed by atoms with E-state index in [9.17, 15) is 4.79 Å². The molecule has 94 valence electrons. The van der Waals surface area contributed by atoms with Crippen LogP contribution >= 0.6 is 0 Å². The Hall–Kier alpha value is -2.49. The molecule has 0 atom stereocenters. The smallest absolute Gasteiger partial charge is 0.232 e. The second-order valence-electron chi connectivity index (χ2n) is 4.36. The molecule has 0 aliphatic heterocycles. The highest BCUT2D eigenvalue weighted by molar-refractivity contribution is 5.90. The van der Waals surface area contributed by atoms with Crippen molar-refractivity contribution in [2.24, 2.45) is 0 Å². The minimum atomic E-state index is 0.0533. The summed E-state index contributed by atoms with van der Waals surface area (Å²) in [6.45, 7) is 0. The molecule has 2 aromatic heterocycles. The zero-order valence-electron chi connectivity index (χ0n) is 10.4. The second kappa shape index (κ2) is 5.02. The largest absolute Gasteiger partial charge is 0.274 e. The van der Waals surface area contributed by atoms with Gasteiger partial charge in [0.1, 0.15) is 6.33 Å². The molecule has 0 amide bonds. The molecule has 0 bridgehead atoms. The van der Waals surface area contributed by atoms with Crippen LogP contribution in [0.15, 0.2) is 55.1 Å². The average molecular weight is 251 g/mol. The van der Waals surface area contributed by atoms with E-state index in [0.29, 0.717) is 12.8 Å². The fourth-order valence-corrected chi connectivity index (χ4v) is 2.08. The summed E-state index contributed by atoms with van der Waals surface area (Å²) in [6.07, 6.45) is 6.26. The van der Waals surface area contributed by atoms with Crippen molar-refractivity contribution in [1.82, 2.24) is 14.5 Å². The van der Waals surface area contributed by atoms with Gasteiger partial charge in [0.2, 0.25) is 5.91 Å². The van der Waals surface area contributed by atoms with Crippen LogP contribution in [0.2, 0.25) is 0 Å². The third-order valence-corrected chi connectivity index (χ3v) is 3.07. The SMILES string of the molecule is O=C(CCc1cccnc1)n1cnc2ccccc21. The number of carbonyl (C=O) groups excluding carboxylic acids is 1. The summed E-state index contributed by atoms with van der Waals surface area (Å²) in [5.41, 5.74) is 2.77. The van der Waals surface area contributed by atoms with Crippen LogP contribution < -0.4 is 0 Å². The number of imidazole rings is 1. The first-order valence-electron chi connectivity index (χ1n) is 6.19. The van der Waals surface area contributed by atoms with Crippen molar-refractivity contribution in [2.45, 2.75) is 12.8 Å². The van der Waals surface area contributed by atoms with E-state index in [-0.39, 0.29) is 5.91 Å². The van der Waals surface area contributed by atoms with E-state index in [1.54, 1.807) is 23.3 Å². The number of hydrogen-bond donors (Lipinski definition) is 0. The van der Waals surface area contributed by atoms with E-state index in [1.165, 1.54) is 0 Å². The van der Waals surface area contributed by atoms with Crippen molar-refractivity contribution in [3.05, 3.63) is 60.7 Å². The molecule has 0 saturated heterocycles. The third-order valence-electron chi connectivity index (χ3n) is 3.07.